The van der Waals surface area contributed by atoms with Gasteiger partial charge in [-0.15, -0.1) is 22.7 Å². The van der Waals surface area contributed by atoms with Crippen molar-refractivity contribution < 1.29 is 27.2 Å². The molecule has 0 spiro atoms. The summed E-state index contributed by atoms with van der Waals surface area (Å²) in [5.74, 6) is -6.23. The fraction of sp³-hybridized carbons (Fsp3) is 0.0811. The third-order valence-corrected chi connectivity index (χ3v) is 11.1. The van der Waals surface area contributed by atoms with E-state index in [2.05, 4.69) is 4.85 Å². The van der Waals surface area contributed by atoms with E-state index < -0.39 is 51.5 Å². The van der Waals surface area contributed by atoms with Crippen molar-refractivity contribution in [3.05, 3.63) is 137 Å². The lowest BCUT2D eigenvalue weighted by Crippen LogP contribution is -2.13. The largest absolute Gasteiger partial charge is 0.289 e. The highest BCUT2D eigenvalue weighted by molar-refractivity contribution is 7.23. The van der Waals surface area contributed by atoms with Crippen LogP contribution in [0, 0.1) is 63.8 Å². The average Bonchev–Trinajstić information content (AvgIpc) is 3.84. The van der Waals surface area contributed by atoms with Crippen LogP contribution in [0.4, 0.5) is 17.6 Å². The summed E-state index contributed by atoms with van der Waals surface area (Å²) in [7, 11) is 0. The van der Waals surface area contributed by atoms with E-state index in [9.17, 15) is 42.9 Å². The molecule has 0 aliphatic heterocycles. The first-order valence-corrected chi connectivity index (χ1v) is 15.9. The molecule has 12 heteroatoms. The standard InChI is InChI=1S/C37H14F4N4O2S2/c1-37(2)24-6-16(4-22-31(15(12-42)13-43)18-8-26(38)28(40)10-20(18)33(22)46)48-35(24)36-25(37)7-17(49-36)5-23-32(30(14-44)45-3)19-9-27(39)29(41)11-21(19)34(23)47/h4-11H,1-2H3/b22-4-,23-5-,32-30?. The first kappa shape index (κ1) is 31.4. The Kier molecular flexibility index (Phi) is 7.01. The Bertz CT molecular complexity index is 2400. The molecule has 234 valence electrons. The van der Waals surface area contributed by atoms with Crippen LogP contribution in [0.25, 0.3) is 37.9 Å². The number of hydrogen-bond donors (Lipinski definition) is 0. The minimum atomic E-state index is -1.24. The smallest absolute Gasteiger partial charge is 0.270 e. The van der Waals surface area contributed by atoms with Gasteiger partial charge in [-0.1, -0.05) is 13.8 Å². The molecule has 0 bridgehead atoms. The first-order chi connectivity index (χ1) is 23.3. The number of carbonyl (C=O) groups excluding carboxylic acids is 2. The highest BCUT2D eigenvalue weighted by Crippen LogP contribution is 2.56. The van der Waals surface area contributed by atoms with Gasteiger partial charge in [-0.2, -0.15) is 10.5 Å². The number of nitrogens with zero attached hydrogens (tertiary/aromatic N) is 4. The topological polar surface area (TPSA) is 110 Å². The van der Waals surface area contributed by atoms with Crippen LogP contribution in [-0.2, 0) is 5.41 Å². The van der Waals surface area contributed by atoms with E-state index in [1.807, 2.05) is 26.0 Å². The van der Waals surface area contributed by atoms with Crippen LogP contribution in [0.5, 0.6) is 0 Å². The highest BCUT2D eigenvalue weighted by Gasteiger charge is 2.41. The summed E-state index contributed by atoms with van der Waals surface area (Å²) < 4.78 is 56.6. The number of carbonyl (C=O) groups is 2. The molecule has 0 fully saturated rings. The minimum Gasteiger partial charge on any atom is -0.289 e. The monoisotopic (exact) mass is 686 g/mol. The third kappa shape index (κ3) is 4.47. The van der Waals surface area contributed by atoms with Gasteiger partial charge in [0.2, 0.25) is 0 Å². The Labute approximate surface area is 283 Å². The summed E-state index contributed by atoms with van der Waals surface area (Å²) in [5, 5.41) is 28.9. The molecule has 2 aromatic carbocycles. The van der Waals surface area contributed by atoms with Crippen molar-refractivity contribution in [3.63, 3.8) is 0 Å². The van der Waals surface area contributed by atoms with Gasteiger partial charge >= 0.3 is 0 Å². The van der Waals surface area contributed by atoms with Crippen molar-refractivity contribution in [2.45, 2.75) is 19.3 Å². The number of fused-ring (bicyclic) bond motifs is 5. The summed E-state index contributed by atoms with van der Waals surface area (Å²) >= 11 is 2.63. The van der Waals surface area contributed by atoms with Crippen molar-refractivity contribution >= 4 is 57.5 Å². The second-order valence-electron chi connectivity index (χ2n) is 11.7. The van der Waals surface area contributed by atoms with Gasteiger partial charge in [0.15, 0.2) is 34.8 Å². The summed E-state index contributed by atoms with van der Waals surface area (Å²) in [5.41, 5.74) is -0.266. The lowest BCUT2D eigenvalue weighted by molar-refractivity contribution is 0.103. The molecular formula is C37H14F4N4O2S2. The van der Waals surface area contributed by atoms with Gasteiger partial charge < -0.3 is 0 Å². The number of ketones is 2. The zero-order valence-electron chi connectivity index (χ0n) is 25.1. The maximum atomic E-state index is 14.2. The van der Waals surface area contributed by atoms with E-state index in [1.165, 1.54) is 34.8 Å². The molecule has 3 aliphatic carbocycles. The van der Waals surface area contributed by atoms with Gasteiger partial charge in [-0.05, 0) is 70.8 Å². The van der Waals surface area contributed by atoms with Gasteiger partial charge in [0.25, 0.3) is 5.70 Å². The van der Waals surface area contributed by atoms with Crippen LogP contribution in [0.15, 0.2) is 58.8 Å². The van der Waals surface area contributed by atoms with E-state index >= 15 is 0 Å². The average molecular weight is 687 g/mol. The Hall–Kier alpha value is -6.18. The summed E-state index contributed by atoms with van der Waals surface area (Å²) in [6.45, 7) is 11.4. The molecule has 0 saturated heterocycles. The Balaban J connectivity index is 1.34. The molecule has 0 radical (unpaired) electrons. The Morgan fingerprint density at radius 2 is 1.10 bits per heavy atom. The molecule has 2 heterocycles. The van der Waals surface area contributed by atoms with Crippen molar-refractivity contribution in [2.75, 3.05) is 0 Å². The van der Waals surface area contributed by atoms with Crippen LogP contribution >= 0.6 is 22.7 Å². The molecule has 0 N–H and O–H groups in total. The molecule has 0 amide bonds. The molecule has 0 atom stereocenters. The van der Waals surface area contributed by atoms with Gasteiger partial charge in [0, 0.05) is 58.3 Å². The molecule has 0 saturated carbocycles. The quantitative estimate of drug-likeness (QED) is 0.0904. The van der Waals surface area contributed by atoms with E-state index in [4.69, 9.17) is 6.57 Å². The number of halogens is 4. The maximum absolute atomic E-state index is 14.2. The summed E-state index contributed by atoms with van der Waals surface area (Å²) in [6, 6.07) is 12.1. The number of nitriles is 3. The predicted octanol–water partition coefficient (Wildman–Crippen LogP) is 9.19. The number of thiophene rings is 2. The van der Waals surface area contributed by atoms with Crippen LogP contribution in [-0.4, -0.2) is 11.6 Å². The maximum Gasteiger partial charge on any atom is 0.270 e. The number of allylic oxidation sites excluding steroid dienone is 6. The molecule has 7 rings (SSSR count). The second kappa shape index (κ2) is 10.9. The van der Waals surface area contributed by atoms with Gasteiger partial charge in [0.05, 0.1) is 12.6 Å². The van der Waals surface area contributed by atoms with Crippen molar-refractivity contribution in [3.8, 4) is 28.0 Å². The fourth-order valence-corrected chi connectivity index (χ4v) is 9.10. The van der Waals surface area contributed by atoms with Crippen molar-refractivity contribution in [1.29, 1.82) is 15.8 Å². The molecule has 6 nitrogen and oxygen atoms in total. The Morgan fingerprint density at radius 1 is 0.694 bits per heavy atom. The number of hydrogen-bond acceptors (Lipinski definition) is 7. The van der Waals surface area contributed by atoms with E-state index in [1.54, 1.807) is 18.2 Å². The fourth-order valence-electron chi connectivity index (χ4n) is 6.42. The summed E-state index contributed by atoms with van der Waals surface area (Å²) in [4.78, 5) is 32.9. The Morgan fingerprint density at radius 3 is 1.51 bits per heavy atom. The number of benzene rings is 2. The SMILES string of the molecule is [C-]#[N+]C(C#N)=C1/C(=C/c2cc3c(s2)-c2sc(/C=C4\C(=O)c5cc(F)c(F)cc5C4=C(C#N)C#N)cc2C3(C)C)C(=O)c2cc(F)c(F)cc21. The molecule has 0 unspecified atom stereocenters. The lowest BCUT2D eigenvalue weighted by Gasteiger charge is -2.19. The molecule has 4 aromatic rings. The van der Waals surface area contributed by atoms with Gasteiger partial charge in [-0.3, -0.25) is 9.59 Å². The second-order valence-corrected chi connectivity index (χ2v) is 13.9. The zero-order valence-corrected chi connectivity index (χ0v) is 26.7. The first-order valence-electron chi connectivity index (χ1n) is 14.2. The van der Waals surface area contributed by atoms with Crippen LogP contribution in [0.1, 0.15) is 66.6 Å². The van der Waals surface area contributed by atoms with Gasteiger partial charge in [-0.25, -0.2) is 27.7 Å². The number of rotatable bonds is 2. The van der Waals surface area contributed by atoms with Crippen LogP contribution in [0.3, 0.4) is 0 Å². The normalized spacial score (nSPS) is 17.6. The molecular weight excluding hydrogens is 673 g/mol. The zero-order chi connectivity index (χ0) is 35.1. The summed E-state index contributed by atoms with van der Waals surface area (Å²) in [6.07, 6.45) is 3.00. The van der Waals surface area contributed by atoms with E-state index in [-0.39, 0.29) is 44.5 Å². The minimum absolute atomic E-state index is 0.0381. The van der Waals surface area contributed by atoms with Gasteiger partial charge in [0.1, 0.15) is 17.7 Å². The van der Waals surface area contributed by atoms with E-state index in [0.717, 1.165) is 45.1 Å². The number of Topliss-reactive ketones (excluding diaryl/α,β-unsaturated/α-hetero) is 2. The van der Waals surface area contributed by atoms with E-state index in [0.29, 0.717) is 9.75 Å². The predicted molar refractivity (Wildman–Crippen MR) is 174 cm³/mol. The molecule has 49 heavy (non-hydrogen) atoms. The van der Waals surface area contributed by atoms with Crippen molar-refractivity contribution in [2.24, 2.45) is 0 Å². The van der Waals surface area contributed by atoms with Crippen LogP contribution < -0.4 is 0 Å². The third-order valence-electron chi connectivity index (χ3n) is 8.73. The van der Waals surface area contributed by atoms with Crippen molar-refractivity contribution in [1.82, 2.24) is 0 Å². The van der Waals surface area contributed by atoms with Crippen LogP contribution in [0.2, 0.25) is 0 Å². The molecule has 3 aliphatic rings. The molecule has 2 aromatic heterocycles. The lowest BCUT2D eigenvalue weighted by atomic mass is 9.83. The highest BCUT2D eigenvalue weighted by atomic mass is 32.1.